The second-order valence-corrected chi connectivity index (χ2v) is 24.9. The average molecular weight is 1010 g/mol. The van der Waals surface area contributed by atoms with Crippen molar-refractivity contribution in [2.24, 2.45) is 0 Å². The first-order chi connectivity index (χ1) is 39.2. The SMILES string of the molecule is [2H]C([2H])([2H])c1cccc(C([2H])([2H])[2H])c1-c1cccc2c1-[n+]1[c-]n(-c3cccc(Oc4ccc5c6ccccc6n(-c6cc(C(C)(C)C)ccn6)c5c4)c3)c3cc(C(C)(C)C)cc(c31)-c1ccccc1-c1cc3c(cc1-2)C(C)(C)CCC3(C)C. The molecule has 5 nitrogen and oxygen atoms in total. The van der Waals surface area contributed by atoms with Gasteiger partial charge in [-0.3, -0.25) is 13.7 Å². The summed E-state index contributed by atoms with van der Waals surface area (Å²) in [6.07, 6.45) is 7.84. The molecule has 2 aliphatic rings. The minimum Gasteiger partial charge on any atom is -0.458 e. The van der Waals surface area contributed by atoms with Gasteiger partial charge in [0.2, 0.25) is 0 Å². The molecule has 8 aromatic carbocycles. The van der Waals surface area contributed by atoms with E-state index in [1.807, 2.05) is 42.6 Å². The average Bonchev–Trinajstić information content (AvgIpc) is 2.19. The van der Waals surface area contributed by atoms with Gasteiger partial charge in [-0.15, -0.1) is 0 Å². The van der Waals surface area contributed by atoms with E-state index in [2.05, 4.69) is 198 Å². The highest BCUT2D eigenvalue weighted by Crippen LogP contribution is 2.53. The number of hydrogen-bond donors (Lipinski definition) is 0. The number of pyridine rings is 1. The third-order valence-electron chi connectivity index (χ3n) is 16.8. The summed E-state index contributed by atoms with van der Waals surface area (Å²) in [6.45, 7) is 17.4. The van der Waals surface area contributed by atoms with Crippen LogP contribution in [0.4, 0.5) is 0 Å². The molecule has 0 spiro atoms. The van der Waals surface area contributed by atoms with E-state index in [0.29, 0.717) is 22.7 Å². The maximum atomic E-state index is 9.00. The van der Waals surface area contributed by atoms with Gasteiger partial charge in [-0.2, -0.15) is 0 Å². The molecule has 382 valence electrons. The summed E-state index contributed by atoms with van der Waals surface area (Å²) < 4.78 is 67.3. The highest BCUT2D eigenvalue weighted by molar-refractivity contribution is 6.09. The summed E-state index contributed by atoms with van der Waals surface area (Å²) in [6, 6.07) is 55.6. The fraction of sp³-hybridized carbons (Fsp3) is 0.250. The molecule has 1 aliphatic carbocycles. The Bertz CT molecular complexity index is 4450. The second-order valence-electron chi connectivity index (χ2n) is 24.9. The third-order valence-corrected chi connectivity index (χ3v) is 16.8. The molecule has 77 heavy (non-hydrogen) atoms. The lowest BCUT2D eigenvalue weighted by Gasteiger charge is -2.42. The van der Waals surface area contributed by atoms with E-state index in [1.165, 1.54) is 16.7 Å². The van der Waals surface area contributed by atoms with Crippen molar-refractivity contribution in [3.8, 4) is 73.2 Å². The Morgan fingerprint density at radius 1 is 0.532 bits per heavy atom. The van der Waals surface area contributed by atoms with Crippen LogP contribution in [0.15, 0.2) is 170 Å². The van der Waals surface area contributed by atoms with Crippen molar-refractivity contribution < 1.29 is 17.5 Å². The number of ether oxygens (including phenoxy) is 1. The smallest absolute Gasteiger partial charge is 0.269 e. The van der Waals surface area contributed by atoms with Crippen LogP contribution in [0.2, 0.25) is 0 Å². The normalized spacial score (nSPS) is 16.1. The molecule has 4 heterocycles. The number of nitrogens with zero attached hydrogens (tertiary/aromatic N) is 4. The predicted octanol–water partition coefficient (Wildman–Crippen LogP) is 18.5. The summed E-state index contributed by atoms with van der Waals surface area (Å²) in [4.78, 5) is 4.92. The molecule has 11 aromatic rings. The van der Waals surface area contributed by atoms with Gasteiger partial charge in [-0.25, -0.2) is 4.98 Å². The van der Waals surface area contributed by atoms with Crippen LogP contribution in [-0.2, 0) is 21.7 Å². The van der Waals surface area contributed by atoms with Crippen LogP contribution in [0, 0.1) is 20.0 Å². The molecule has 0 N–H and O–H groups in total. The van der Waals surface area contributed by atoms with Crippen LogP contribution in [0.1, 0.15) is 124 Å². The lowest BCUT2D eigenvalue weighted by atomic mass is 9.62. The van der Waals surface area contributed by atoms with E-state index in [4.69, 9.17) is 17.9 Å². The highest BCUT2D eigenvalue weighted by Gasteiger charge is 2.39. The number of aromatic nitrogens is 4. The predicted molar refractivity (Wildman–Crippen MR) is 320 cm³/mol. The third kappa shape index (κ3) is 7.86. The fourth-order valence-corrected chi connectivity index (χ4v) is 12.4. The van der Waals surface area contributed by atoms with Gasteiger partial charge >= 0.3 is 0 Å². The molecule has 0 radical (unpaired) electrons. The Morgan fingerprint density at radius 3 is 1.86 bits per heavy atom. The Hall–Kier alpha value is -8.02. The first-order valence-electron chi connectivity index (χ1n) is 30.1. The Kier molecular flexibility index (Phi) is 9.44. The van der Waals surface area contributed by atoms with Crippen LogP contribution in [0.25, 0.3) is 94.5 Å². The van der Waals surface area contributed by atoms with Gasteiger partial charge in [0.05, 0.1) is 33.4 Å². The number of imidazole rings is 1. The number of rotatable bonds is 5. The quantitative estimate of drug-likeness (QED) is 0.127. The standard InChI is InChI=1S/C72H68N4O/c1-44-20-17-21-45(2)66(44)56-28-19-27-55-58-42-61-60(71(9,10)33-34-72(61,11)12)41-57(58)51-24-13-14-25-52(51)59-36-47(70(6,7)8)37-64-68(59)75(67(55)56)43-74(64)48-22-18-23-49(39-48)77-50-30-31-54-53-26-15-16-29-62(53)76(63(54)40-50)65-38-46(32-35-73-65)69(3,4)5/h13-32,35-42H,33-34H2,1-12H3/i1D3,2D3. The number of hydrogen-bond acceptors (Lipinski definition) is 2. The maximum absolute atomic E-state index is 9.00. The monoisotopic (exact) mass is 1010 g/mol. The van der Waals surface area contributed by atoms with Gasteiger partial charge in [0, 0.05) is 31.3 Å². The van der Waals surface area contributed by atoms with Crippen molar-refractivity contribution in [1.82, 2.24) is 14.1 Å². The number of aryl methyl sites for hydroxylation is 2. The summed E-state index contributed by atoms with van der Waals surface area (Å²) >= 11 is 0. The van der Waals surface area contributed by atoms with Crippen LogP contribution in [0.5, 0.6) is 11.5 Å². The molecule has 0 saturated heterocycles. The largest absolute Gasteiger partial charge is 0.458 e. The van der Waals surface area contributed by atoms with Gasteiger partial charge in [-0.05, 0) is 187 Å². The van der Waals surface area contributed by atoms with E-state index in [1.54, 1.807) is 18.2 Å². The van der Waals surface area contributed by atoms with E-state index < -0.39 is 13.7 Å². The molecular formula is C72H68N4O. The van der Waals surface area contributed by atoms with Crippen LogP contribution in [0.3, 0.4) is 0 Å². The van der Waals surface area contributed by atoms with Crippen molar-refractivity contribution >= 4 is 32.8 Å². The zero-order chi connectivity index (χ0) is 58.5. The molecule has 0 amide bonds. The second kappa shape index (κ2) is 17.2. The molecule has 0 fully saturated rings. The molecule has 1 aliphatic heterocycles. The van der Waals surface area contributed by atoms with E-state index in [0.717, 1.165) is 96.1 Å². The highest BCUT2D eigenvalue weighted by atomic mass is 16.5. The zero-order valence-corrected chi connectivity index (χ0v) is 45.8. The first kappa shape index (κ1) is 42.1. The van der Waals surface area contributed by atoms with Crippen molar-refractivity contribution in [3.05, 3.63) is 210 Å². The van der Waals surface area contributed by atoms with Gasteiger partial charge in [0.1, 0.15) is 17.3 Å². The van der Waals surface area contributed by atoms with Crippen LogP contribution >= 0.6 is 0 Å². The van der Waals surface area contributed by atoms with Crippen molar-refractivity contribution in [2.75, 3.05) is 0 Å². The molecule has 0 saturated carbocycles. The molecule has 0 unspecified atom stereocenters. The molecule has 0 atom stereocenters. The molecule has 3 aromatic heterocycles. The summed E-state index contributed by atoms with van der Waals surface area (Å²) in [5.74, 6) is 2.10. The maximum Gasteiger partial charge on any atom is 0.269 e. The number of benzene rings is 8. The number of para-hydroxylation sites is 2. The van der Waals surface area contributed by atoms with Gasteiger partial charge in [-0.1, -0.05) is 166 Å². The Balaban J connectivity index is 1.10. The fourth-order valence-electron chi connectivity index (χ4n) is 12.4. The number of fused-ring (bicyclic) bond motifs is 11. The van der Waals surface area contributed by atoms with E-state index in [9.17, 15) is 0 Å². The Morgan fingerprint density at radius 2 is 1.14 bits per heavy atom. The first-order valence-corrected chi connectivity index (χ1v) is 27.1. The summed E-state index contributed by atoms with van der Waals surface area (Å²) in [7, 11) is 0. The van der Waals surface area contributed by atoms with Gasteiger partial charge in [0.25, 0.3) is 6.33 Å². The molecule has 13 rings (SSSR count). The van der Waals surface area contributed by atoms with Crippen molar-refractivity contribution in [2.45, 2.75) is 117 Å². The molecule has 5 heteroatoms. The van der Waals surface area contributed by atoms with Crippen LogP contribution in [-0.4, -0.2) is 14.1 Å². The van der Waals surface area contributed by atoms with Crippen molar-refractivity contribution in [3.63, 3.8) is 0 Å². The zero-order valence-electron chi connectivity index (χ0n) is 51.8. The van der Waals surface area contributed by atoms with E-state index in [-0.39, 0.29) is 38.4 Å². The molecule has 0 bridgehead atoms. The Labute approximate surface area is 462 Å². The summed E-state index contributed by atoms with van der Waals surface area (Å²) in [5, 5.41) is 2.21. The van der Waals surface area contributed by atoms with E-state index >= 15 is 0 Å². The van der Waals surface area contributed by atoms with Crippen LogP contribution < -0.4 is 9.30 Å². The van der Waals surface area contributed by atoms with Gasteiger partial charge in [0.15, 0.2) is 0 Å². The topological polar surface area (TPSA) is 35.9 Å². The lowest BCUT2D eigenvalue weighted by molar-refractivity contribution is -0.570. The minimum absolute atomic E-state index is 0.0334. The minimum atomic E-state index is -2.66. The van der Waals surface area contributed by atoms with Crippen molar-refractivity contribution in [1.29, 1.82) is 0 Å². The van der Waals surface area contributed by atoms with Gasteiger partial charge < -0.3 is 4.74 Å². The molecular weight excluding hydrogens is 937 g/mol. The lowest BCUT2D eigenvalue weighted by Crippen LogP contribution is -2.34. The summed E-state index contributed by atoms with van der Waals surface area (Å²) in [5.41, 5.74) is 15.8.